The Morgan fingerprint density at radius 1 is 1.24 bits per heavy atom. The van der Waals surface area contributed by atoms with Gasteiger partial charge in [-0.05, 0) is 25.6 Å². The molecule has 0 radical (unpaired) electrons. The number of para-hydroxylation sites is 1. The van der Waals surface area contributed by atoms with E-state index in [1.165, 1.54) is 5.56 Å². The number of hydrogen-bond acceptors (Lipinski definition) is 3. The number of benzene rings is 1. The van der Waals surface area contributed by atoms with Gasteiger partial charge >= 0.3 is 0 Å². The second-order valence-corrected chi connectivity index (χ2v) is 4.13. The maximum absolute atomic E-state index is 5.42. The number of methoxy groups -OCH3 is 1. The van der Waals surface area contributed by atoms with Crippen molar-refractivity contribution in [3.05, 3.63) is 42.1 Å². The zero-order chi connectivity index (χ0) is 12.3. The number of nitrogens with zero attached hydrogens (tertiary/aromatic N) is 1. The predicted octanol–water partition coefficient (Wildman–Crippen LogP) is 2.53. The number of pyridine rings is 1. The van der Waals surface area contributed by atoms with E-state index in [1.54, 1.807) is 7.11 Å². The van der Waals surface area contributed by atoms with Crippen molar-refractivity contribution in [1.82, 2.24) is 10.3 Å². The van der Waals surface area contributed by atoms with Gasteiger partial charge in [0.25, 0.3) is 0 Å². The highest BCUT2D eigenvalue weighted by molar-refractivity contribution is 5.82. The Labute approximate surface area is 102 Å². The Bertz CT molecular complexity index is 493. The summed E-state index contributed by atoms with van der Waals surface area (Å²) in [5.74, 6) is 0. The maximum Gasteiger partial charge on any atom is 0.0750 e. The predicted molar refractivity (Wildman–Crippen MR) is 70.0 cm³/mol. The van der Waals surface area contributed by atoms with Crippen LogP contribution in [-0.4, -0.2) is 25.2 Å². The van der Waals surface area contributed by atoms with Crippen molar-refractivity contribution in [3.8, 4) is 0 Å². The van der Waals surface area contributed by atoms with Crippen molar-refractivity contribution in [2.75, 3.05) is 14.2 Å². The second kappa shape index (κ2) is 5.25. The van der Waals surface area contributed by atoms with Crippen LogP contribution in [0.4, 0.5) is 0 Å². The number of fused-ring (bicyclic) bond motifs is 1. The van der Waals surface area contributed by atoms with E-state index in [0.717, 1.165) is 10.9 Å². The van der Waals surface area contributed by atoms with Gasteiger partial charge in [0.1, 0.15) is 0 Å². The molecule has 2 unspecified atom stereocenters. The monoisotopic (exact) mass is 230 g/mol. The average molecular weight is 230 g/mol. The lowest BCUT2D eigenvalue weighted by molar-refractivity contribution is 0.0861. The lowest BCUT2D eigenvalue weighted by atomic mass is 9.99. The summed E-state index contributed by atoms with van der Waals surface area (Å²) in [4.78, 5) is 4.47. The van der Waals surface area contributed by atoms with Crippen LogP contribution in [0.3, 0.4) is 0 Å². The fourth-order valence-electron chi connectivity index (χ4n) is 2.16. The largest absolute Gasteiger partial charge is 0.380 e. The molecule has 1 aromatic heterocycles. The molecular weight excluding hydrogens is 212 g/mol. The minimum Gasteiger partial charge on any atom is -0.380 e. The van der Waals surface area contributed by atoms with Gasteiger partial charge in [-0.1, -0.05) is 24.3 Å². The van der Waals surface area contributed by atoms with Crippen molar-refractivity contribution >= 4 is 10.9 Å². The Morgan fingerprint density at radius 3 is 2.71 bits per heavy atom. The number of aromatic nitrogens is 1. The summed E-state index contributed by atoms with van der Waals surface area (Å²) in [6, 6.07) is 10.4. The third-order valence-corrected chi connectivity index (χ3v) is 3.15. The Morgan fingerprint density at radius 2 is 2.00 bits per heavy atom. The summed E-state index contributed by atoms with van der Waals surface area (Å²) in [5.41, 5.74) is 2.22. The van der Waals surface area contributed by atoms with E-state index in [2.05, 4.69) is 41.5 Å². The standard InChI is InChI=1S/C14H18N2O/c1-10(17-3)13(15-2)12-8-4-6-11-7-5-9-16-14(11)12/h4-10,13,15H,1-3H3. The first-order valence-electron chi connectivity index (χ1n) is 5.81. The molecule has 0 aliphatic carbocycles. The van der Waals surface area contributed by atoms with E-state index in [4.69, 9.17) is 4.74 Å². The van der Waals surface area contributed by atoms with Crippen LogP contribution in [0.25, 0.3) is 10.9 Å². The van der Waals surface area contributed by atoms with Crippen LogP contribution in [0.5, 0.6) is 0 Å². The molecule has 17 heavy (non-hydrogen) atoms. The molecule has 1 N–H and O–H groups in total. The quantitative estimate of drug-likeness (QED) is 0.876. The number of nitrogens with one attached hydrogen (secondary N) is 1. The minimum atomic E-state index is 0.104. The Balaban J connectivity index is 2.53. The molecule has 0 aliphatic heterocycles. The molecule has 3 heteroatoms. The lowest BCUT2D eigenvalue weighted by Gasteiger charge is -2.23. The van der Waals surface area contributed by atoms with Crippen LogP contribution in [0.2, 0.25) is 0 Å². The first-order chi connectivity index (χ1) is 8.27. The molecule has 0 bridgehead atoms. The smallest absolute Gasteiger partial charge is 0.0750 e. The highest BCUT2D eigenvalue weighted by Crippen LogP contribution is 2.25. The Hall–Kier alpha value is -1.45. The van der Waals surface area contributed by atoms with Crippen LogP contribution in [0, 0.1) is 0 Å². The molecule has 0 fully saturated rings. The van der Waals surface area contributed by atoms with E-state index < -0.39 is 0 Å². The first kappa shape index (κ1) is 12.0. The van der Waals surface area contributed by atoms with Gasteiger partial charge in [0.2, 0.25) is 0 Å². The van der Waals surface area contributed by atoms with Gasteiger partial charge in [-0.15, -0.1) is 0 Å². The molecule has 3 nitrogen and oxygen atoms in total. The van der Waals surface area contributed by atoms with Gasteiger partial charge in [-0.25, -0.2) is 0 Å². The highest BCUT2D eigenvalue weighted by Gasteiger charge is 2.19. The van der Waals surface area contributed by atoms with E-state index in [-0.39, 0.29) is 12.1 Å². The molecule has 0 saturated carbocycles. The number of ether oxygens (including phenoxy) is 1. The summed E-state index contributed by atoms with van der Waals surface area (Å²) in [6.45, 7) is 2.06. The summed E-state index contributed by atoms with van der Waals surface area (Å²) in [5, 5.41) is 4.46. The molecule has 0 saturated heterocycles. The fourth-order valence-corrected chi connectivity index (χ4v) is 2.16. The summed E-state index contributed by atoms with van der Waals surface area (Å²) in [6.07, 6.45) is 1.93. The summed E-state index contributed by atoms with van der Waals surface area (Å²) in [7, 11) is 3.68. The Kier molecular flexibility index (Phi) is 3.71. The van der Waals surface area contributed by atoms with E-state index in [0.29, 0.717) is 0 Å². The number of likely N-dealkylation sites (N-methyl/N-ethyl adjacent to an activating group) is 1. The third-order valence-electron chi connectivity index (χ3n) is 3.15. The molecule has 90 valence electrons. The lowest BCUT2D eigenvalue weighted by Crippen LogP contribution is -2.28. The zero-order valence-electron chi connectivity index (χ0n) is 10.5. The molecule has 0 amide bonds. The molecule has 0 spiro atoms. The van der Waals surface area contributed by atoms with Gasteiger partial charge in [0, 0.05) is 18.7 Å². The second-order valence-electron chi connectivity index (χ2n) is 4.13. The molecular formula is C14H18N2O. The summed E-state index contributed by atoms with van der Waals surface area (Å²) >= 11 is 0. The topological polar surface area (TPSA) is 34.2 Å². The SMILES string of the molecule is CNC(c1cccc2cccnc12)C(C)OC. The van der Waals surface area contributed by atoms with Gasteiger partial charge < -0.3 is 10.1 Å². The van der Waals surface area contributed by atoms with Crippen molar-refractivity contribution in [2.24, 2.45) is 0 Å². The van der Waals surface area contributed by atoms with Crippen molar-refractivity contribution in [3.63, 3.8) is 0 Å². The van der Waals surface area contributed by atoms with Gasteiger partial charge in [-0.2, -0.15) is 0 Å². The number of rotatable bonds is 4. The first-order valence-corrected chi connectivity index (χ1v) is 5.81. The molecule has 2 atom stereocenters. The highest BCUT2D eigenvalue weighted by atomic mass is 16.5. The zero-order valence-corrected chi connectivity index (χ0v) is 10.5. The maximum atomic E-state index is 5.42. The van der Waals surface area contributed by atoms with Crippen LogP contribution < -0.4 is 5.32 Å². The van der Waals surface area contributed by atoms with Crippen LogP contribution in [0.15, 0.2) is 36.5 Å². The van der Waals surface area contributed by atoms with E-state index in [9.17, 15) is 0 Å². The third kappa shape index (κ3) is 2.30. The van der Waals surface area contributed by atoms with Crippen LogP contribution >= 0.6 is 0 Å². The summed E-state index contributed by atoms with van der Waals surface area (Å²) < 4.78 is 5.42. The van der Waals surface area contributed by atoms with Crippen LogP contribution in [0.1, 0.15) is 18.5 Å². The van der Waals surface area contributed by atoms with Crippen molar-refractivity contribution < 1.29 is 4.74 Å². The molecule has 1 heterocycles. The number of hydrogen-bond donors (Lipinski definition) is 1. The fraction of sp³-hybridized carbons (Fsp3) is 0.357. The molecule has 2 aromatic rings. The van der Waals surface area contributed by atoms with Gasteiger partial charge in [-0.3, -0.25) is 4.98 Å². The van der Waals surface area contributed by atoms with Gasteiger partial charge in [0.05, 0.1) is 17.7 Å². The average Bonchev–Trinajstić information content (AvgIpc) is 2.39. The molecule has 2 rings (SSSR count). The van der Waals surface area contributed by atoms with E-state index in [1.807, 2.05) is 19.3 Å². The van der Waals surface area contributed by atoms with Crippen LogP contribution in [-0.2, 0) is 4.74 Å². The van der Waals surface area contributed by atoms with Crippen molar-refractivity contribution in [1.29, 1.82) is 0 Å². The van der Waals surface area contributed by atoms with E-state index >= 15 is 0 Å². The molecule has 0 aliphatic rings. The van der Waals surface area contributed by atoms with Gasteiger partial charge in [0.15, 0.2) is 0 Å². The minimum absolute atomic E-state index is 0.104. The normalized spacial score (nSPS) is 14.8. The molecule has 1 aromatic carbocycles. The van der Waals surface area contributed by atoms with Crippen molar-refractivity contribution in [2.45, 2.75) is 19.1 Å².